The number of nitrogens with one attached hydrogen (secondary N) is 1. The molecule has 0 saturated heterocycles. The van der Waals surface area contributed by atoms with E-state index in [0.717, 1.165) is 19.3 Å². The summed E-state index contributed by atoms with van der Waals surface area (Å²) in [6.45, 7) is 6.46. The molecule has 1 fully saturated rings. The summed E-state index contributed by atoms with van der Waals surface area (Å²) in [7, 11) is 0. The lowest BCUT2D eigenvalue weighted by atomic mass is 9.68. The van der Waals surface area contributed by atoms with Crippen molar-refractivity contribution in [1.29, 1.82) is 0 Å². The molecular weight excluding hydrogens is 164 g/mol. The normalized spacial score (nSPS) is 20.6. The fourth-order valence-electron chi connectivity index (χ4n) is 1.60. The molecule has 0 aromatic heterocycles. The first kappa shape index (κ1) is 10.5. The zero-order valence-electron chi connectivity index (χ0n) is 8.81. The molecule has 0 aliphatic heterocycles. The van der Waals surface area contributed by atoms with Gasteiger partial charge in [-0.25, -0.2) is 0 Å². The molecule has 0 aromatic rings. The van der Waals surface area contributed by atoms with Crippen molar-refractivity contribution in [1.82, 2.24) is 5.32 Å². The van der Waals surface area contributed by atoms with Gasteiger partial charge in [-0.05, 0) is 33.6 Å². The van der Waals surface area contributed by atoms with E-state index in [2.05, 4.69) is 5.32 Å². The highest BCUT2D eigenvalue weighted by molar-refractivity contribution is 5.84. The predicted molar refractivity (Wildman–Crippen MR) is 53.2 cm³/mol. The van der Waals surface area contributed by atoms with Gasteiger partial charge in [-0.1, -0.05) is 6.42 Å². The third kappa shape index (κ3) is 2.21. The van der Waals surface area contributed by atoms with Gasteiger partial charge in [0.05, 0.1) is 5.41 Å². The number of rotatable bonds is 2. The van der Waals surface area contributed by atoms with Gasteiger partial charge in [0.15, 0.2) is 0 Å². The van der Waals surface area contributed by atoms with Crippen molar-refractivity contribution < 1.29 is 4.79 Å². The monoisotopic (exact) mass is 184 g/mol. The van der Waals surface area contributed by atoms with Crippen LogP contribution in [0.3, 0.4) is 0 Å². The van der Waals surface area contributed by atoms with Crippen molar-refractivity contribution in [3.8, 4) is 0 Å². The van der Waals surface area contributed by atoms with Gasteiger partial charge in [0.1, 0.15) is 0 Å². The molecule has 0 unspecified atom stereocenters. The molecular formula is C10H20N2O. The summed E-state index contributed by atoms with van der Waals surface area (Å²) in [4.78, 5) is 11.8. The summed E-state index contributed by atoms with van der Waals surface area (Å²) in [6.07, 6.45) is 3.03. The van der Waals surface area contributed by atoms with Gasteiger partial charge in [0, 0.05) is 12.1 Å². The second-order valence-corrected chi connectivity index (χ2v) is 5.04. The van der Waals surface area contributed by atoms with Crippen LogP contribution in [0, 0.1) is 5.41 Å². The molecule has 0 aromatic carbocycles. The quantitative estimate of drug-likeness (QED) is 0.673. The minimum Gasteiger partial charge on any atom is -0.351 e. The Bertz CT molecular complexity index is 196. The summed E-state index contributed by atoms with van der Waals surface area (Å²) >= 11 is 0. The molecule has 3 heteroatoms. The Hall–Kier alpha value is -0.570. The van der Waals surface area contributed by atoms with Crippen molar-refractivity contribution >= 4 is 5.91 Å². The molecule has 1 aliphatic rings. The minimum absolute atomic E-state index is 0.133. The van der Waals surface area contributed by atoms with Crippen molar-refractivity contribution in [3.63, 3.8) is 0 Å². The lowest BCUT2D eigenvalue weighted by molar-refractivity contribution is -0.136. The number of hydrogen-bond donors (Lipinski definition) is 2. The van der Waals surface area contributed by atoms with Crippen LogP contribution in [-0.2, 0) is 4.79 Å². The highest BCUT2D eigenvalue weighted by atomic mass is 16.2. The van der Waals surface area contributed by atoms with Crippen LogP contribution in [0.1, 0.15) is 40.0 Å². The standard InChI is InChI=1S/C10H20N2O/c1-9(2,3)12-8(13)10(7-11)5-4-6-10/h4-7,11H2,1-3H3,(H,12,13). The summed E-state index contributed by atoms with van der Waals surface area (Å²) in [6, 6.07) is 0. The molecule has 0 spiro atoms. The minimum atomic E-state index is -0.243. The second-order valence-electron chi connectivity index (χ2n) is 5.04. The van der Waals surface area contributed by atoms with Crippen LogP contribution >= 0.6 is 0 Å². The molecule has 1 aliphatic carbocycles. The van der Waals surface area contributed by atoms with Crippen molar-refractivity contribution in [3.05, 3.63) is 0 Å². The maximum absolute atomic E-state index is 11.8. The zero-order valence-corrected chi connectivity index (χ0v) is 8.81. The first-order valence-electron chi connectivity index (χ1n) is 4.92. The third-order valence-corrected chi connectivity index (χ3v) is 2.67. The van der Waals surface area contributed by atoms with Gasteiger partial charge < -0.3 is 11.1 Å². The van der Waals surface area contributed by atoms with Crippen LogP contribution in [0.15, 0.2) is 0 Å². The Balaban J connectivity index is 2.56. The second kappa shape index (κ2) is 3.29. The molecule has 0 bridgehead atoms. The van der Waals surface area contributed by atoms with E-state index in [1.54, 1.807) is 0 Å². The van der Waals surface area contributed by atoms with Gasteiger partial charge in [-0.2, -0.15) is 0 Å². The molecule has 0 heterocycles. The SMILES string of the molecule is CC(C)(C)NC(=O)C1(CN)CCC1. The maximum Gasteiger partial charge on any atom is 0.227 e. The lowest BCUT2D eigenvalue weighted by Gasteiger charge is -2.41. The Morgan fingerprint density at radius 2 is 2.00 bits per heavy atom. The number of hydrogen-bond acceptors (Lipinski definition) is 2. The molecule has 1 rings (SSSR count). The first-order valence-corrected chi connectivity index (χ1v) is 4.92. The van der Waals surface area contributed by atoms with E-state index in [-0.39, 0.29) is 16.9 Å². The highest BCUT2D eigenvalue weighted by Gasteiger charge is 2.43. The molecule has 1 saturated carbocycles. The van der Waals surface area contributed by atoms with Crippen LogP contribution in [0.5, 0.6) is 0 Å². The molecule has 3 nitrogen and oxygen atoms in total. The number of carbonyl (C=O) groups excluding carboxylic acids is 1. The van der Waals surface area contributed by atoms with E-state index in [0.29, 0.717) is 6.54 Å². The third-order valence-electron chi connectivity index (χ3n) is 2.67. The van der Waals surface area contributed by atoms with Gasteiger partial charge in [0.2, 0.25) is 5.91 Å². The van der Waals surface area contributed by atoms with Crippen molar-refractivity contribution in [2.24, 2.45) is 11.1 Å². The Labute approximate surface area is 80.1 Å². The lowest BCUT2D eigenvalue weighted by Crippen LogP contribution is -2.54. The summed E-state index contributed by atoms with van der Waals surface area (Å²) in [5, 5.41) is 2.99. The van der Waals surface area contributed by atoms with Gasteiger partial charge in [-0.3, -0.25) is 4.79 Å². The topological polar surface area (TPSA) is 55.1 Å². The maximum atomic E-state index is 11.8. The fraction of sp³-hybridized carbons (Fsp3) is 0.900. The molecule has 3 N–H and O–H groups in total. The summed E-state index contributed by atoms with van der Waals surface area (Å²) < 4.78 is 0. The predicted octanol–water partition coefficient (Wildman–Crippen LogP) is 1.03. The summed E-state index contributed by atoms with van der Waals surface area (Å²) in [5.41, 5.74) is 5.24. The van der Waals surface area contributed by atoms with Crippen LogP contribution in [0.4, 0.5) is 0 Å². The van der Waals surface area contributed by atoms with E-state index in [1.807, 2.05) is 20.8 Å². The van der Waals surface area contributed by atoms with Crippen LogP contribution in [0.25, 0.3) is 0 Å². The van der Waals surface area contributed by atoms with Gasteiger partial charge >= 0.3 is 0 Å². The van der Waals surface area contributed by atoms with E-state index >= 15 is 0 Å². The van der Waals surface area contributed by atoms with Crippen LogP contribution in [-0.4, -0.2) is 18.0 Å². The van der Waals surface area contributed by atoms with Crippen LogP contribution < -0.4 is 11.1 Å². The van der Waals surface area contributed by atoms with E-state index < -0.39 is 0 Å². The van der Waals surface area contributed by atoms with Gasteiger partial charge in [0.25, 0.3) is 0 Å². The Morgan fingerprint density at radius 1 is 1.46 bits per heavy atom. The zero-order chi connectivity index (χ0) is 10.1. The molecule has 0 radical (unpaired) electrons. The Morgan fingerprint density at radius 3 is 2.23 bits per heavy atom. The number of nitrogens with two attached hydrogens (primary N) is 1. The number of carbonyl (C=O) groups is 1. The average molecular weight is 184 g/mol. The average Bonchev–Trinajstić information content (AvgIpc) is 1.80. The van der Waals surface area contributed by atoms with Crippen molar-refractivity contribution in [2.75, 3.05) is 6.54 Å². The van der Waals surface area contributed by atoms with E-state index in [1.165, 1.54) is 0 Å². The highest BCUT2D eigenvalue weighted by Crippen LogP contribution is 2.40. The molecule has 76 valence electrons. The van der Waals surface area contributed by atoms with Crippen molar-refractivity contribution in [2.45, 2.75) is 45.6 Å². The molecule has 13 heavy (non-hydrogen) atoms. The Kier molecular flexibility index (Phi) is 2.66. The van der Waals surface area contributed by atoms with E-state index in [9.17, 15) is 4.79 Å². The molecule has 1 amide bonds. The largest absolute Gasteiger partial charge is 0.351 e. The fourth-order valence-corrected chi connectivity index (χ4v) is 1.60. The first-order chi connectivity index (χ1) is 5.90. The smallest absolute Gasteiger partial charge is 0.227 e. The van der Waals surface area contributed by atoms with Crippen LogP contribution in [0.2, 0.25) is 0 Å². The molecule has 0 atom stereocenters. The van der Waals surface area contributed by atoms with Gasteiger partial charge in [-0.15, -0.1) is 0 Å². The van der Waals surface area contributed by atoms with E-state index in [4.69, 9.17) is 5.73 Å². The number of amides is 1. The summed E-state index contributed by atoms with van der Waals surface area (Å²) in [5.74, 6) is 0.133.